The molecule has 0 aliphatic carbocycles. The van der Waals surface area contributed by atoms with Crippen molar-refractivity contribution >= 4 is 17.1 Å². The van der Waals surface area contributed by atoms with Crippen LogP contribution in [0.3, 0.4) is 0 Å². The SMILES string of the molecule is CN1CCCCC1CCc1cn(CC2(O)CCN(C(=O)c3cnc4nccnc4c3)CC2)nn1. The van der Waals surface area contributed by atoms with Gasteiger partial charge < -0.3 is 14.9 Å². The van der Waals surface area contributed by atoms with Gasteiger partial charge in [0, 0.05) is 43.9 Å². The molecule has 0 saturated carbocycles. The minimum atomic E-state index is -0.904. The van der Waals surface area contributed by atoms with Crippen LogP contribution < -0.4 is 0 Å². The molecule has 0 radical (unpaired) electrons. The van der Waals surface area contributed by atoms with Gasteiger partial charge in [0.1, 0.15) is 5.52 Å². The van der Waals surface area contributed by atoms with Gasteiger partial charge in [-0.15, -0.1) is 5.10 Å². The van der Waals surface area contributed by atoms with Crippen LogP contribution >= 0.6 is 0 Å². The van der Waals surface area contributed by atoms with Crippen LogP contribution in [-0.4, -0.2) is 89.1 Å². The maximum Gasteiger partial charge on any atom is 0.255 e. The van der Waals surface area contributed by atoms with Crippen LogP contribution in [0.1, 0.15) is 54.6 Å². The van der Waals surface area contributed by atoms with Gasteiger partial charge in [-0.3, -0.25) is 9.78 Å². The Morgan fingerprint density at radius 1 is 1.15 bits per heavy atom. The van der Waals surface area contributed by atoms with Crippen LogP contribution in [0, 0.1) is 0 Å². The van der Waals surface area contributed by atoms with Crippen molar-refractivity contribution in [3.63, 3.8) is 0 Å². The van der Waals surface area contributed by atoms with Crippen molar-refractivity contribution in [2.24, 2.45) is 0 Å². The number of aliphatic hydroxyl groups is 1. The monoisotopic (exact) mass is 464 g/mol. The molecule has 3 aromatic heterocycles. The zero-order valence-electron chi connectivity index (χ0n) is 19.7. The summed E-state index contributed by atoms with van der Waals surface area (Å²) in [5.41, 5.74) is 1.67. The van der Waals surface area contributed by atoms with Gasteiger partial charge in [-0.1, -0.05) is 11.6 Å². The average Bonchev–Trinajstić information content (AvgIpc) is 3.30. The smallest absolute Gasteiger partial charge is 0.255 e. The second-order valence-corrected chi connectivity index (χ2v) is 9.72. The number of nitrogens with zero attached hydrogens (tertiary/aromatic N) is 8. The zero-order chi connectivity index (χ0) is 23.5. The first-order chi connectivity index (χ1) is 16.5. The lowest BCUT2D eigenvalue weighted by molar-refractivity contribution is -0.0318. The van der Waals surface area contributed by atoms with Crippen LogP contribution in [0.25, 0.3) is 11.2 Å². The van der Waals surface area contributed by atoms with Crippen LogP contribution in [-0.2, 0) is 13.0 Å². The number of hydrogen-bond acceptors (Lipinski definition) is 8. The van der Waals surface area contributed by atoms with Crippen molar-refractivity contribution in [3.05, 3.63) is 42.1 Å². The minimum Gasteiger partial charge on any atom is -0.388 e. The molecule has 0 spiro atoms. The third-order valence-electron chi connectivity index (χ3n) is 7.25. The Hall–Kier alpha value is -2.98. The lowest BCUT2D eigenvalue weighted by Gasteiger charge is -2.38. The number of likely N-dealkylation sites (tertiary alicyclic amines) is 2. The molecule has 2 saturated heterocycles. The summed E-state index contributed by atoms with van der Waals surface area (Å²) in [5, 5.41) is 19.7. The van der Waals surface area contributed by atoms with Crippen LogP contribution in [0.15, 0.2) is 30.9 Å². The number of hydrogen-bond donors (Lipinski definition) is 1. The Kier molecular flexibility index (Phi) is 6.51. The minimum absolute atomic E-state index is 0.0992. The fourth-order valence-electron chi connectivity index (χ4n) is 5.10. The van der Waals surface area contributed by atoms with E-state index in [9.17, 15) is 9.90 Å². The van der Waals surface area contributed by atoms with Gasteiger partial charge in [0.05, 0.1) is 23.4 Å². The summed E-state index contributed by atoms with van der Waals surface area (Å²) in [6.45, 7) is 2.51. The molecule has 10 heteroatoms. The molecule has 1 N–H and O–H groups in total. The molecule has 5 heterocycles. The molecule has 10 nitrogen and oxygen atoms in total. The van der Waals surface area contributed by atoms with E-state index >= 15 is 0 Å². The topological polar surface area (TPSA) is 113 Å². The van der Waals surface area contributed by atoms with Crippen molar-refractivity contribution in [1.82, 2.24) is 39.7 Å². The molecule has 5 rings (SSSR count). The largest absolute Gasteiger partial charge is 0.388 e. The van der Waals surface area contributed by atoms with Crippen molar-refractivity contribution in [2.45, 2.75) is 63.1 Å². The van der Waals surface area contributed by atoms with Crippen molar-refractivity contribution in [1.29, 1.82) is 0 Å². The van der Waals surface area contributed by atoms with E-state index in [0.717, 1.165) is 18.5 Å². The molecule has 34 heavy (non-hydrogen) atoms. The molecular formula is C24H32N8O2. The van der Waals surface area contributed by atoms with E-state index in [1.165, 1.54) is 25.8 Å². The van der Waals surface area contributed by atoms with E-state index in [2.05, 4.69) is 37.2 Å². The Labute approximate surface area is 199 Å². The number of carbonyl (C=O) groups is 1. The number of aromatic nitrogens is 6. The standard InChI is InChI=1S/C24H32N8O2/c1-30-11-3-2-4-20(30)6-5-19-16-32(29-28-19)17-24(34)7-12-31(13-8-24)23(33)18-14-21-22(27-15-18)26-10-9-25-21/h9-10,14-16,20,34H,2-8,11-13,17H2,1H3. The second kappa shape index (κ2) is 9.71. The van der Waals surface area contributed by atoms with Gasteiger partial charge in [-0.2, -0.15) is 0 Å². The molecule has 2 fully saturated rings. The molecule has 2 aliphatic rings. The van der Waals surface area contributed by atoms with E-state index in [1.54, 1.807) is 34.2 Å². The number of carbonyl (C=O) groups excluding carboxylic acids is 1. The highest BCUT2D eigenvalue weighted by Crippen LogP contribution is 2.26. The van der Waals surface area contributed by atoms with Gasteiger partial charge in [0.2, 0.25) is 0 Å². The number of pyridine rings is 1. The summed E-state index contributed by atoms with van der Waals surface area (Å²) < 4.78 is 1.75. The van der Waals surface area contributed by atoms with Crippen LogP contribution in [0.5, 0.6) is 0 Å². The van der Waals surface area contributed by atoms with E-state index in [-0.39, 0.29) is 5.91 Å². The quantitative estimate of drug-likeness (QED) is 0.587. The highest BCUT2D eigenvalue weighted by atomic mass is 16.3. The highest BCUT2D eigenvalue weighted by Gasteiger charge is 2.35. The Morgan fingerprint density at radius 3 is 2.79 bits per heavy atom. The summed E-state index contributed by atoms with van der Waals surface area (Å²) in [6, 6.07) is 2.34. The first kappa shape index (κ1) is 22.8. The summed E-state index contributed by atoms with van der Waals surface area (Å²) in [7, 11) is 2.21. The molecule has 2 aliphatic heterocycles. The number of rotatable bonds is 6. The molecule has 1 atom stereocenters. The van der Waals surface area contributed by atoms with Gasteiger partial charge in [-0.05, 0) is 58.2 Å². The number of aryl methyl sites for hydroxylation is 1. The first-order valence-corrected chi connectivity index (χ1v) is 12.2. The summed E-state index contributed by atoms with van der Waals surface area (Å²) in [6.07, 6.45) is 13.5. The molecular weight excluding hydrogens is 432 g/mol. The maximum absolute atomic E-state index is 13.0. The van der Waals surface area contributed by atoms with Crippen molar-refractivity contribution in [2.75, 3.05) is 26.7 Å². The third-order valence-corrected chi connectivity index (χ3v) is 7.25. The Bertz CT molecular complexity index is 1140. The molecule has 1 amide bonds. The van der Waals surface area contributed by atoms with Gasteiger partial charge in [0.25, 0.3) is 5.91 Å². The predicted octanol–water partition coefficient (Wildman–Crippen LogP) is 1.70. The second-order valence-electron chi connectivity index (χ2n) is 9.72. The van der Waals surface area contributed by atoms with Crippen molar-refractivity contribution < 1.29 is 9.90 Å². The number of piperidine rings is 2. The Balaban J connectivity index is 1.14. The molecule has 1 unspecified atom stereocenters. The van der Waals surface area contributed by atoms with Crippen LogP contribution in [0.4, 0.5) is 0 Å². The number of amides is 1. The fraction of sp³-hybridized carbons (Fsp3) is 0.583. The highest BCUT2D eigenvalue weighted by molar-refractivity contribution is 5.96. The molecule has 0 aromatic carbocycles. The van der Waals surface area contributed by atoms with Gasteiger partial charge in [0.15, 0.2) is 5.65 Å². The number of fused-ring (bicyclic) bond motifs is 1. The summed E-state index contributed by atoms with van der Waals surface area (Å²) in [4.78, 5) is 29.8. The zero-order valence-corrected chi connectivity index (χ0v) is 19.7. The lowest BCUT2D eigenvalue weighted by Crippen LogP contribution is -2.48. The third kappa shape index (κ3) is 5.07. The lowest BCUT2D eigenvalue weighted by atomic mass is 9.91. The molecule has 3 aromatic rings. The molecule has 180 valence electrons. The predicted molar refractivity (Wildman–Crippen MR) is 126 cm³/mol. The fourth-order valence-corrected chi connectivity index (χ4v) is 5.10. The van der Waals surface area contributed by atoms with E-state index in [1.807, 2.05) is 6.20 Å². The average molecular weight is 465 g/mol. The van der Waals surface area contributed by atoms with E-state index < -0.39 is 5.60 Å². The normalized spacial score (nSPS) is 21.1. The first-order valence-electron chi connectivity index (χ1n) is 12.2. The van der Waals surface area contributed by atoms with Crippen molar-refractivity contribution in [3.8, 4) is 0 Å². The van der Waals surface area contributed by atoms with Crippen LogP contribution in [0.2, 0.25) is 0 Å². The van der Waals surface area contributed by atoms with E-state index in [4.69, 9.17) is 0 Å². The van der Waals surface area contributed by atoms with E-state index in [0.29, 0.717) is 55.2 Å². The maximum atomic E-state index is 13.0. The Morgan fingerprint density at radius 2 is 1.97 bits per heavy atom. The van der Waals surface area contributed by atoms with Gasteiger partial charge in [-0.25, -0.2) is 14.6 Å². The molecule has 0 bridgehead atoms. The summed E-state index contributed by atoms with van der Waals surface area (Å²) >= 11 is 0. The van der Waals surface area contributed by atoms with Gasteiger partial charge >= 0.3 is 0 Å². The summed E-state index contributed by atoms with van der Waals surface area (Å²) in [5.74, 6) is -0.0992.